The van der Waals surface area contributed by atoms with Gasteiger partial charge in [-0.15, -0.1) is 0 Å². The smallest absolute Gasteiger partial charge is 0.327 e. The minimum Gasteiger partial charge on any atom is -0.327 e. The van der Waals surface area contributed by atoms with Crippen LogP contribution in [0.25, 0.3) is 0 Å². The molecule has 2 aliphatic carbocycles. The summed E-state index contributed by atoms with van der Waals surface area (Å²) in [5.74, 6) is -7.18. The number of alkyl halides is 2. The van der Waals surface area contributed by atoms with Gasteiger partial charge in [-0.05, 0) is 0 Å². The fraction of sp³-hybridized carbons (Fsp3) is 0.500. The Morgan fingerprint density at radius 3 is 2.73 bits per heavy atom. The molecule has 0 bridgehead atoms. The van der Waals surface area contributed by atoms with E-state index in [0.29, 0.717) is 6.42 Å². The van der Waals surface area contributed by atoms with Crippen molar-refractivity contribution in [2.75, 3.05) is 0 Å². The number of carbonyl (C=O) groups is 2. The van der Waals surface area contributed by atoms with Crippen molar-refractivity contribution >= 4 is 11.6 Å². The summed E-state index contributed by atoms with van der Waals surface area (Å²) in [5.41, 5.74) is 0.0220. The van der Waals surface area contributed by atoms with E-state index in [1.807, 2.05) is 0 Å². The SMILES string of the molecule is O=C1C2=CCC[CH-]CC2C(=O)C1(F)F.[W]. The van der Waals surface area contributed by atoms with E-state index in [9.17, 15) is 18.4 Å². The van der Waals surface area contributed by atoms with Crippen LogP contribution in [-0.4, -0.2) is 17.5 Å². The quantitative estimate of drug-likeness (QED) is 0.472. The Balaban J connectivity index is 0.00000112. The third-order valence-corrected chi connectivity index (χ3v) is 2.69. The summed E-state index contributed by atoms with van der Waals surface area (Å²) >= 11 is 0. The van der Waals surface area contributed by atoms with Crippen molar-refractivity contribution in [1.82, 2.24) is 0 Å². The third-order valence-electron chi connectivity index (χ3n) is 2.69. The average Bonchev–Trinajstić information content (AvgIpc) is 2.40. The molecular weight excluding hydrogens is 374 g/mol. The predicted octanol–water partition coefficient (Wildman–Crippen LogP) is 1.70. The maximum atomic E-state index is 13.0. The first kappa shape index (κ1) is 12.7. The molecule has 2 nitrogen and oxygen atoms in total. The Morgan fingerprint density at radius 1 is 1.40 bits per heavy atom. The van der Waals surface area contributed by atoms with Gasteiger partial charge in [0, 0.05) is 32.6 Å². The van der Waals surface area contributed by atoms with Crippen molar-refractivity contribution < 1.29 is 39.4 Å². The number of allylic oxidation sites excluding steroid dienone is 2. The summed E-state index contributed by atoms with van der Waals surface area (Å²) in [6, 6.07) is 0. The van der Waals surface area contributed by atoms with Crippen LogP contribution in [0.15, 0.2) is 11.6 Å². The van der Waals surface area contributed by atoms with Gasteiger partial charge in [-0.2, -0.15) is 21.6 Å². The normalized spacial score (nSPS) is 28.9. The van der Waals surface area contributed by atoms with Crippen LogP contribution in [0.2, 0.25) is 0 Å². The topological polar surface area (TPSA) is 34.1 Å². The van der Waals surface area contributed by atoms with E-state index in [1.165, 1.54) is 6.08 Å². The number of halogens is 2. The molecule has 2 rings (SSSR count). The summed E-state index contributed by atoms with van der Waals surface area (Å²) in [6.07, 6.45) is 4.86. The van der Waals surface area contributed by atoms with Gasteiger partial charge in [-0.1, -0.05) is 12.5 Å². The molecule has 0 spiro atoms. The van der Waals surface area contributed by atoms with Crippen molar-refractivity contribution in [3.63, 3.8) is 0 Å². The Bertz CT molecular complexity index is 336. The first-order valence-corrected chi connectivity index (χ1v) is 4.54. The summed E-state index contributed by atoms with van der Waals surface area (Å²) in [5, 5.41) is 0. The molecule has 0 aromatic heterocycles. The van der Waals surface area contributed by atoms with Gasteiger partial charge in [-0.25, -0.2) is 0 Å². The summed E-state index contributed by atoms with van der Waals surface area (Å²) < 4.78 is 26.0. The molecule has 82 valence electrons. The van der Waals surface area contributed by atoms with Crippen LogP contribution < -0.4 is 0 Å². The van der Waals surface area contributed by atoms with Gasteiger partial charge >= 0.3 is 5.92 Å². The van der Waals surface area contributed by atoms with Crippen LogP contribution in [0.1, 0.15) is 19.3 Å². The van der Waals surface area contributed by atoms with Crippen molar-refractivity contribution in [1.29, 1.82) is 0 Å². The van der Waals surface area contributed by atoms with E-state index in [-0.39, 0.29) is 33.1 Å². The van der Waals surface area contributed by atoms with Crippen LogP contribution in [0, 0.1) is 12.3 Å². The average molecular weight is 383 g/mol. The maximum Gasteiger partial charge on any atom is 0.367 e. The Hall–Kier alpha value is -0.372. The van der Waals surface area contributed by atoms with Gasteiger partial charge in [0.25, 0.3) is 0 Å². The van der Waals surface area contributed by atoms with Gasteiger partial charge in [0.2, 0.25) is 11.6 Å². The Morgan fingerprint density at radius 2 is 2.07 bits per heavy atom. The van der Waals surface area contributed by atoms with Crippen LogP contribution in [-0.2, 0) is 30.7 Å². The summed E-state index contributed by atoms with van der Waals surface area (Å²) in [4.78, 5) is 22.4. The number of Topliss-reactive ketones (excluding diaryl/α,β-unsaturated/α-hetero) is 2. The molecule has 5 heteroatoms. The van der Waals surface area contributed by atoms with Crippen molar-refractivity contribution in [3.8, 4) is 0 Å². The zero-order valence-corrected chi connectivity index (χ0v) is 10.8. The standard InChI is InChI=1S/C10H9F2O2.W/c11-10(12)8(13)6-4-2-1-3-5-7(6)9(10)14;/h2,5-6H,1,3-4H2;/q-1;. The van der Waals surface area contributed by atoms with E-state index in [1.54, 1.807) is 6.42 Å². The van der Waals surface area contributed by atoms with Gasteiger partial charge in [0.1, 0.15) is 0 Å². The van der Waals surface area contributed by atoms with Gasteiger partial charge in [0.05, 0.1) is 0 Å². The zero-order chi connectivity index (χ0) is 10.3. The molecule has 1 saturated carbocycles. The summed E-state index contributed by atoms with van der Waals surface area (Å²) in [6.45, 7) is 0. The number of fused-ring (bicyclic) bond motifs is 1. The fourth-order valence-electron chi connectivity index (χ4n) is 1.92. The molecule has 1 fully saturated rings. The summed E-state index contributed by atoms with van der Waals surface area (Å²) in [7, 11) is 0. The molecule has 1 atom stereocenters. The van der Waals surface area contributed by atoms with Gasteiger partial charge < -0.3 is 6.42 Å². The second-order valence-corrected chi connectivity index (χ2v) is 3.58. The molecule has 2 aliphatic rings. The maximum absolute atomic E-state index is 13.0. The molecule has 0 saturated heterocycles. The molecule has 0 amide bonds. The second kappa shape index (κ2) is 4.24. The molecule has 0 radical (unpaired) electrons. The van der Waals surface area contributed by atoms with Crippen molar-refractivity contribution in [3.05, 3.63) is 18.1 Å². The molecule has 0 aliphatic heterocycles. The second-order valence-electron chi connectivity index (χ2n) is 3.58. The number of ketones is 2. The predicted molar refractivity (Wildman–Crippen MR) is 44.7 cm³/mol. The van der Waals surface area contributed by atoms with E-state index >= 15 is 0 Å². The molecular formula is C10H9F2O2W-. The molecule has 0 aromatic carbocycles. The zero-order valence-electron chi connectivity index (χ0n) is 7.83. The number of hydrogen-bond donors (Lipinski definition) is 0. The van der Waals surface area contributed by atoms with Crippen LogP contribution in [0.3, 0.4) is 0 Å². The monoisotopic (exact) mass is 383 g/mol. The van der Waals surface area contributed by atoms with Gasteiger partial charge in [0.15, 0.2) is 0 Å². The van der Waals surface area contributed by atoms with E-state index in [4.69, 9.17) is 0 Å². The largest absolute Gasteiger partial charge is 0.367 e. The third kappa shape index (κ3) is 1.84. The Labute approximate surface area is 100 Å². The molecule has 0 heterocycles. The number of rotatable bonds is 0. The minimum absolute atomic E-state index is 0. The molecule has 15 heavy (non-hydrogen) atoms. The van der Waals surface area contributed by atoms with E-state index in [0.717, 1.165) is 6.42 Å². The Kier molecular flexibility index (Phi) is 3.59. The van der Waals surface area contributed by atoms with Crippen LogP contribution >= 0.6 is 0 Å². The molecule has 1 unspecified atom stereocenters. The number of carbonyl (C=O) groups excluding carboxylic acids is 2. The first-order valence-electron chi connectivity index (χ1n) is 4.54. The molecule has 0 N–H and O–H groups in total. The van der Waals surface area contributed by atoms with Crippen molar-refractivity contribution in [2.24, 2.45) is 5.92 Å². The molecule has 0 aromatic rings. The van der Waals surface area contributed by atoms with E-state index in [2.05, 4.69) is 0 Å². The minimum atomic E-state index is -3.78. The number of hydrogen-bond acceptors (Lipinski definition) is 2. The van der Waals surface area contributed by atoms with Gasteiger partial charge in [-0.3, -0.25) is 9.59 Å². The van der Waals surface area contributed by atoms with Crippen LogP contribution in [0.4, 0.5) is 8.78 Å². The van der Waals surface area contributed by atoms with Crippen LogP contribution in [0.5, 0.6) is 0 Å². The fourth-order valence-corrected chi connectivity index (χ4v) is 1.92. The van der Waals surface area contributed by atoms with Crippen molar-refractivity contribution in [2.45, 2.75) is 25.2 Å². The first-order chi connectivity index (χ1) is 6.55. The van der Waals surface area contributed by atoms with E-state index < -0.39 is 23.4 Å².